The average Bonchev–Trinajstić information content (AvgIpc) is 2.04. The molecular weight excluding hydrogens is 176 g/mol. The van der Waals surface area contributed by atoms with Crippen LogP contribution in [0.15, 0.2) is 0 Å². The Morgan fingerprint density at radius 2 is 2.00 bits per heavy atom. The van der Waals surface area contributed by atoms with Crippen LogP contribution >= 0.6 is 11.8 Å². The first-order chi connectivity index (χ1) is 6.15. The molecule has 0 N–H and O–H groups in total. The van der Waals surface area contributed by atoms with Gasteiger partial charge < -0.3 is 0 Å². The number of hydrogen-bond acceptors (Lipinski definition) is 1. The molecule has 1 aliphatic carbocycles. The van der Waals surface area contributed by atoms with Crippen molar-refractivity contribution in [1.82, 2.24) is 0 Å². The van der Waals surface area contributed by atoms with Gasteiger partial charge in [0.25, 0.3) is 0 Å². The maximum atomic E-state index is 2.42. The molecule has 1 fully saturated rings. The van der Waals surface area contributed by atoms with Gasteiger partial charge in [0.15, 0.2) is 0 Å². The summed E-state index contributed by atoms with van der Waals surface area (Å²) >= 11 is 2.19. The smallest absolute Gasteiger partial charge is 0.00801 e. The predicted octanol–water partition coefficient (Wildman–Crippen LogP) is 4.20. The lowest BCUT2D eigenvalue weighted by Crippen LogP contribution is -2.29. The molecule has 78 valence electrons. The highest BCUT2D eigenvalue weighted by Crippen LogP contribution is 2.39. The van der Waals surface area contributed by atoms with E-state index >= 15 is 0 Å². The van der Waals surface area contributed by atoms with Crippen LogP contribution in [0, 0.1) is 17.8 Å². The molecule has 0 unspecified atom stereocenters. The Balaban J connectivity index is 2.50. The molecule has 0 nitrogen and oxygen atoms in total. The van der Waals surface area contributed by atoms with Crippen molar-refractivity contribution in [3.8, 4) is 0 Å². The largest absolute Gasteiger partial charge is 0.159 e. The molecule has 0 aliphatic heterocycles. The van der Waals surface area contributed by atoms with Crippen molar-refractivity contribution in [2.24, 2.45) is 17.8 Å². The molecule has 3 atom stereocenters. The van der Waals surface area contributed by atoms with E-state index in [9.17, 15) is 0 Å². The van der Waals surface area contributed by atoms with E-state index in [-0.39, 0.29) is 0 Å². The fourth-order valence-corrected chi connectivity index (χ4v) is 4.11. The van der Waals surface area contributed by atoms with Crippen LogP contribution in [0.3, 0.4) is 0 Å². The summed E-state index contributed by atoms with van der Waals surface area (Å²) in [5.74, 6) is 4.14. The van der Waals surface area contributed by atoms with Crippen LogP contribution in [0.1, 0.15) is 47.0 Å². The van der Waals surface area contributed by atoms with E-state index in [0.29, 0.717) is 0 Å². The average molecular weight is 200 g/mol. The standard InChI is InChI=1S/C12H24S/c1-5-13-12-8-10(4)6-7-11(12)9(2)3/h9-12H,5-8H2,1-4H3/t10-,11+,12+/m1/s1. The Hall–Kier alpha value is 0.350. The van der Waals surface area contributed by atoms with Crippen molar-refractivity contribution < 1.29 is 0 Å². The normalized spacial score (nSPS) is 35.3. The molecule has 0 aromatic heterocycles. The molecule has 0 aromatic rings. The second kappa shape index (κ2) is 5.29. The zero-order chi connectivity index (χ0) is 9.84. The van der Waals surface area contributed by atoms with Gasteiger partial charge in [0.05, 0.1) is 0 Å². The second-order valence-electron chi connectivity index (χ2n) is 4.82. The molecule has 0 radical (unpaired) electrons. The Kier molecular flexibility index (Phi) is 4.64. The van der Waals surface area contributed by atoms with Gasteiger partial charge in [-0.2, -0.15) is 11.8 Å². The maximum Gasteiger partial charge on any atom is 0.00801 e. The summed E-state index contributed by atoms with van der Waals surface area (Å²) in [5.41, 5.74) is 0. The summed E-state index contributed by atoms with van der Waals surface area (Å²) in [4.78, 5) is 0. The Labute approximate surface area is 87.9 Å². The molecule has 0 bridgehead atoms. The van der Waals surface area contributed by atoms with Crippen molar-refractivity contribution in [1.29, 1.82) is 0 Å². The summed E-state index contributed by atoms with van der Waals surface area (Å²) in [7, 11) is 0. The van der Waals surface area contributed by atoms with Gasteiger partial charge in [0, 0.05) is 5.25 Å². The predicted molar refractivity (Wildman–Crippen MR) is 63.3 cm³/mol. The highest BCUT2D eigenvalue weighted by molar-refractivity contribution is 7.99. The minimum atomic E-state index is 0.886. The van der Waals surface area contributed by atoms with Gasteiger partial charge in [-0.05, 0) is 36.3 Å². The maximum absolute atomic E-state index is 2.42. The Bertz CT molecular complexity index is 142. The molecule has 13 heavy (non-hydrogen) atoms. The highest BCUT2D eigenvalue weighted by atomic mass is 32.2. The van der Waals surface area contributed by atoms with E-state index < -0.39 is 0 Å². The molecule has 0 spiro atoms. The monoisotopic (exact) mass is 200 g/mol. The topological polar surface area (TPSA) is 0 Å². The number of hydrogen-bond donors (Lipinski definition) is 0. The second-order valence-corrected chi connectivity index (χ2v) is 6.34. The fourth-order valence-electron chi connectivity index (χ4n) is 2.52. The molecule has 0 heterocycles. The first kappa shape index (κ1) is 11.4. The summed E-state index contributed by atoms with van der Waals surface area (Å²) in [6.07, 6.45) is 4.39. The van der Waals surface area contributed by atoms with Crippen LogP contribution in [-0.2, 0) is 0 Å². The van der Waals surface area contributed by atoms with E-state index in [4.69, 9.17) is 0 Å². The van der Waals surface area contributed by atoms with Crippen LogP contribution in [0.5, 0.6) is 0 Å². The third-order valence-electron chi connectivity index (χ3n) is 3.34. The van der Waals surface area contributed by atoms with E-state index in [1.54, 1.807) is 0 Å². The molecule has 1 rings (SSSR count). The SMILES string of the molecule is CCS[C@H]1C[C@H](C)CC[C@H]1C(C)C. The fraction of sp³-hybridized carbons (Fsp3) is 1.00. The van der Waals surface area contributed by atoms with Crippen molar-refractivity contribution in [2.45, 2.75) is 52.2 Å². The van der Waals surface area contributed by atoms with Crippen molar-refractivity contribution >= 4 is 11.8 Å². The van der Waals surface area contributed by atoms with E-state index in [2.05, 4.69) is 39.5 Å². The molecular formula is C12H24S. The van der Waals surface area contributed by atoms with Crippen molar-refractivity contribution in [3.05, 3.63) is 0 Å². The quantitative estimate of drug-likeness (QED) is 0.658. The molecule has 1 saturated carbocycles. The third kappa shape index (κ3) is 3.19. The van der Waals surface area contributed by atoms with Crippen LogP contribution in [0.4, 0.5) is 0 Å². The first-order valence-corrected chi connectivity index (χ1v) is 6.81. The summed E-state index contributed by atoms with van der Waals surface area (Å²) in [6.45, 7) is 9.49. The van der Waals surface area contributed by atoms with E-state index in [1.165, 1.54) is 25.0 Å². The molecule has 0 saturated heterocycles. The molecule has 1 heteroatoms. The van der Waals surface area contributed by atoms with E-state index in [1.807, 2.05) is 0 Å². The Morgan fingerprint density at radius 1 is 1.31 bits per heavy atom. The molecule has 1 aliphatic rings. The zero-order valence-corrected chi connectivity index (χ0v) is 10.4. The highest BCUT2D eigenvalue weighted by Gasteiger charge is 2.30. The van der Waals surface area contributed by atoms with Crippen molar-refractivity contribution in [2.75, 3.05) is 5.75 Å². The minimum absolute atomic E-state index is 0.886. The van der Waals surface area contributed by atoms with Gasteiger partial charge in [0.2, 0.25) is 0 Å². The van der Waals surface area contributed by atoms with Gasteiger partial charge in [-0.25, -0.2) is 0 Å². The third-order valence-corrected chi connectivity index (χ3v) is 4.65. The molecule has 0 amide bonds. The van der Waals surface area contributed by atoms with Gasteiger partial charge in [0.1, 0.15) is 0 Å². The summed E-state index contributed by atoms with van der Waals surface area (Å²) < 4.78 is 0. The van der Waals surface area contributed by atoms with Crippen molar-refractivity contribution in [3.63, 3.8) is 0 Å². The lowest BCUT2D eigenvalue weighted by Gasteiger charge is -2.36. The van der Waals surface area contributed by atoms with Gasteiger partial charge in [-0.1, -0.05) is 34.1 Å². The number of thioether (sulfide) groups is 1. The van der Waals surface area contributed by atoms with Crippen LogP contribution in [0.25, 0.3) is 0 Å². The lowest BCUT2D eigenvalue weighted by molar-refractivity contribution is 0.244. The lowest BCUT2D eigenvalue weighted by atomic mass is 9.77. The van der Waals surface area contributed by atoms with Crippen LogP contribution in [0.2, 0.25) is 0 Å². The van der Waals surface area contributed by atoms with Crippen LogP contribution in [-0.4, -0.2) is 11.0 Å². The summed E-state index contributed by atoms with van der Waals surface area (Å²) in [5, 5.41) is 0.953. The number of rotatable bonds is 3. The van der Waals surface area contributed by atoms with E-state index in [0.717, 1.165) is 23.0 Å². The Morgan fingerprint density at radius 3 is 2.54 bits per heavy atom. The van der Waals surface area contributed by atoms with Gasteiger partial charge in [-0.15, -0.1) is 0 Å². The first-order valence-electron chi connectivity index (χ1n) is 5.76. The summed E-state index contributed by atoms with van der Waals surface area (Å²) in [6, 6.07) is 0. The van der Waals surface area contributed by atoms with Gasteiger partial charge >= 0.3 is 0 Å². The van der Waals surface area contributed by atoms with Crippen LogP contribution < -0.4 is 0 Å². The minimum Gasteiger partial charge on any atom is -0.159 e. The zero-order valence-electron chi connectivity index (χ0n) is 9.55. The van der Waals surface area contributed by atoms with Gasteiger partial charge in [-0.3, -0.25) is 0 Å². The molecule has 0 aromatic carbocycles.